The molecule has 0 atom stereocenters. The Hall–Kier alpha value is -2.44. The smallest absolute Gasteiger partial charge is 0.349 e. The van der Waals surface area contributed by atoms with Crippen molar-refractivity contribution >= 4 is 27.3 Å². The molecule has 0 aliphatic carbocycles. The van der Waals surface area contributed by atoms with Crippen LogP contribution in [0.2, 0.25) is 0 Å². The van der Waals surface area contributed by atoms with Crippen molar-refractivity contribution in [3.8, 4) is 6.07 Å². The highest BCUT2D eigenvalue weighted by molar-refractivity contribution is 8.04. The summed E-state index contributed by atoms with van der Waals surface area (Å²) in [6, 6.07) is 13.4. The van der Waals surface area contributed by atoms with Crippen molar-refractivity contribution in [2.45, 2.75) is 18.0 Å². The summed E-state index contributed by atoms with van der Waals surface area (Å²) in [4.78, 5) is -0.612. The van der Waals surface area contributed by atoms with Crippen molar-refractivity contribution in [3.05, 3.63) is 70.1 Å². The maximum atomic E-state index is 12.9. The Bertz CT molecular complexity index is 980. The molecule has 0 bridgehead atoms. The van der Waals surface area contributed by atoms with Crippen molar-refractivity contribution in [2.75, 3.05) is 11.1 Å². The molecule has 2 aromatic carbocycles. The first-order valence-corrected chi connectivity index (χ1v) is 10.2. The van der Waals surface area contributed by atoms with Gasteiger partial charge < -0.3 is 5.32 Å². The second-order valence-corrected chi connectivity index (χ2v) is 8.38. The van der Waals surface area contributed by atoms with E-state index in [-0.39, 0.29) is 15.6 Å². The number of halogens is 3. The minimum atomic E-state index is -4.53. The quantitative estimate of drug-likeness (QED) is 0.674. The fourth-order valence-electron chi connectivity index (χ4n) is 2.16. The van der Waals surface area contributed by atoms with E-state index < -0.39 is 26.5 Å². The van der Waals surface area contributed by atoms with Gasteiger partial charge in [0.1, 0.15) is 11.1 Å². The maximum absolute atomic E-state index is 12.9. The molecule has 0 aromatic heterocycles. The van der Waals surface area contributed by atoms with E-state index in [0.29, 0.717) is 5.75 Å². The number of alkyl halides is 3. The average molecular weight is 412 g/mol. The van der Waals surface area contributed by atoms with Gasteiger partial charge in [-0.3, -0.25) is 0 Å². The van der Waals surface area contributed by atoms with Gasteiger partial charge >= 0.3 is 6.18 Å². The lowest BCUT2D eigenvalue weighted by Crippen LogP contribution is -2.11. The number of nitrogens with zero attached hydrogens (tertiary/aromatic N) is 1. The molecule has 0 unspecified atom stereocenters. The molecular weight excluding hydrogens is 397 g/mol. The van der Waals surface area contributed by atoms with Crippen LogP contribution in [0.1, 0.15) is 12.5 Å². The summed E-state index contributed by atoms with van der Waals surface area (Å²) < 4.78 is 64.3. The lowest BCUT2D eigenvalue weighted by atomic mass is 10.2. The molecule has 0 heterocycles. The minimum absolute atomic E-state index is 0.0248. The normalized spacial score (nSPS) is 12.9. The molecule has 2 aromatic rings. The van der Waals surface area contributed by atoms with Gasteiger partial charge in [0.25, 0.3) is 0 Å². The topological polar surface area (TPSA) is 70.0 Å². The number of hydrogen-bond acceptors (Lipinski definition) is 5. The van der Waals surface area contributed by atoms with Crippen LogP contribution < -0.4 is 5.32 Å². The van der Waals surface area contributed by atoms with Gasteiger partial charge in [-0.2, -0.15) is 18.4 Å². The zero-order chi connectivity index (χ0) is 20.1. The molecule has 2 rings (SSSR count). The molecule has 0 spiro atoms. The number of nitriles is 1. The Morgan fingerprint density at radius 2 is 1.81 bits per heavy atom. The van der Waals surface area contributed by atoms with E-state index in [0.717, 1.165) is 23.9 Å². The van der Waals surface area contributed by atoms with Crippen LogP contribution in [-0.4, -0.2) is 14.2 Å². The molecule has 27 heavy (non-hydrogen) atoms. The molecular formula is C18H15F3N2O2S2. The zero-order valence-corrected chi connectivity index (χ0v) is 15.8. The summed E-state index contributed by atoms with van der Waals surface area (Å²) in [7, 11) is -4.12. The highest BCUT2D eigenvalue weighted by Crippen LogP contribution is 2.33. The fourth-order valence-corrected chi connectivity index (χ4v) is 4.49. The van der Waals surface area contributed by atoms with Crippen LogP contribution in [0.5, 0.6) is 0 Å². The van der Waals surface area contributed by atoms with Gasteiger partial charge in [-0.25, -0.2) is 8.42 Å². The van der Waals surface area contributed by atoms with Crippen LogP contribution in [-0.2, 0) is 16.0 Å². The second kappa shape index (κ2) is 8.50. The van der Waals surface area contributed by atoms with E-state index in [1.54, 1.807) is 19.1 Å². The van der Waals surface area contributed by atoms with Gasteiger partial charge in [-0.05, 0) is 36.1 Å². The van der Waals surface area contributed by atoms with Crippen molar-refractivity contribution in [1.29, 1.82) is 5.26 Å². The largest absolute Gasteiger partial charge is 0.416 e. The summed E-state index contributed by atoms with van der Waals surface area (Å²) >= 11 is 1.02. The SMILES string of the molecule is CCS/C(Nc1cccc(C(F)(F)F)c1)=C(/C#N)S(=O)(=O)c1ccccc1. The van der Waals surface area contributed by atoms with Gasteiger partial charge in [-0.1, -0.05) is 31.2 Å². The zero-order valence-electron chi connectivity index (χ0n) is 14.1. The lowest BCUT2D eigenvalue weighted by Gasteiger charge is -2.14. The molecule has 0 saturated carbocycles. The van der Waals surface area contributed by atoms with Gasteiger partial charge in [0.15, 0.2) is 4.91 Å². The van der Waals surface area contributed by atoms with Crippen LogP contribution >= 0.6 is 11.8 Å². The van der Waals surface area contributed by atoms with Crippen LogP contribution in [0, 0.1) is 11.3 Å². The third-order valence-corrected chi connectivity index (χ3v) is 6.10. The summed E-state index contributed by atoms with van der Waals surface area (Å²) in [5.74, 6) is 0.413. The third kappa shape index (κ3) is 5.05. The van der Waals surface area contributed by atoms with Gasteiger partial charge in [-0.15, -0.1) is 11.8 Å². The minimum Gasteiger partial charge on any atom is -0.349 e. The van der Waals surface area contributed by atoms with Gasteiger partial charge in [0, 0.05) is 5.69 Å². The standard InChI is InChI=1S/C18H15F3N2O2S2/c1-2-26-17(23-14-8-6-7-13(11-14)18(19,20)21)16(12-22)27(24,25)15-9-4-3-5-10-15/h3-11,23H,2H2,1H3/b17-16-. The molecule has 0 aliphatic rings. The number of benzene rings is 2. The Balaban J connectivity index is 2.53. The third-order valence-electron chi connectivity index (χ3n) is 3.37. The average Bonchev–Trinajstić information content (AvgIpc) is 2.62. The van der Waals surface area contributed by atoms with Crippen molar-refractivity contribution < 1.29 is 21.6 Å². The van der Waals surface area contributed by atoms with Crippen molar-refractivity contribution in [2.24, 2.45) is 0 Å². The van der Waals surface area contributed by atoms with E-state index in [4.69, 9.17) is 0 Å². The Morgan fingerprint density at radius 3 is 2.37 bits per heavy atom. The Kier molecular flexibility index (Phi) is 6.57. The van der Waals surface area contributed by atoms with Crippen LogP contribution in [0.25, 0.3) is 0 Å². The fraction of sp³-hybridized carbons (Fsp3) is 0.167. The maximum Gasteiger partial charge on any atom is 0.416 e. The second-order valence-electron chi connectivity index (χ2n) is 5.22. The number of anilines is 1. The van der Waals surface area contributed by atoms with E-state index in [9.17, 15) is 26.9 Å². The molecule has 142 valence electrons. The summed E-state index contributed by atoms with van der Waals surface area (Å²) in [6.45, 7) is 1.74. The summed E-state index contributed by atoms with van der Waals surface area (Å²) in [6.07, 6.45) is -4.53. The number of thioether (sulfide) groups is 1. The number of sulfone groups is 1. The highest BCUT2D eigenvalue weighted by atomic mass is 32.2. The molecule has 1 N–H and O–H groups in total. The van der Waals surface area contributed by atoms with Crippen LogP contribution in [0.4, 0.5) is 18.9 Å². The van der Waals surface area contributed by atoms with Gasteiger partial charge in [0.2, 0.25) is 9.84 Å². The molecule has 0 aliphatic heterocycles. The van der Waals surface area contributed by atoms with E-state index in [1.807, 2.05) is 0 Å². The molecule has 0 amide bonds. The summed E-state index contributed by atoms with van der Waals surface area (Å²) in [5, 5.41) is 12.1. The predicted molar refractivity (Wildman–Crippen MR) is 99.5 cm³/mol. The first-order valence-electron chi connectivity index (χ1n) is 7.71. The number of allylic oxidation sites excluding steroid dienone is 1. The number of rotatable bonds is 6. The van der Waals surface area contributed by atoms with E-state index >= 15 is 0 Å². The Morgan fingerprint density at radius 1 is 1.15 bits per heavy atom. The van der Waals surface area contributed by atoms with Crippen LogP contribution in [0.15, 0.2) is 69.4 Å². The first kappa shape index (κ1) is 20.9. The first-order chi connectivity index (χ1) is 12.7. The molecule has 4 nitrogen and oxygen atoms in total. The van der Waals surface area contributed by atoms with Gasteiger partial charge in [0.05, 0.1) is 10.5 Å². The Labute approximate surface area is 159 Å². The van der Waals surface area contributed by atoms with Crippen molar-refractivity contribution in [3.63, 3.8) is 0 Å². The van der Waals surface area contributed by atoms with E-state index in [2.05, 4.69) is 5.32 Å². The molecule has 0 fully saturated rings. The van der Waals surface area contributed by atoms with Crippen molar-refractivity contribution in [1.82, 2.24) is 0 Å². The van der Waals surface area contributed by atoms with E-state index in [1.165, 1.54) is 36.4 Å². The summed E-state index contributed by atoms with van der Waals surface area (Å²) in [5.41, 5.74) is -0.838. The predicted octanol–water partition coefficient (Wildman–Crippen LogP) is 5.04. The molecule has 9 heteroatoms. The molecule has 0 radical (unpaired) electrons. The lowest BCUT2D eigenvalue weighted by molar-refractivity contribution is -0.137. The molecule has 0 saturated heterocycles. The number of hydrogen-bond donors (Lipinski definition) is 1. The highest BCUT2D eigenvalue weighted by Gasteiger charge is 2.31. The monoisotopic (exact) mass is 412 g/mol. The van der Waals surface area contributed by atoms with Crippen LogP contribution in [0.3, 0.4) is 0 Å². The number of nitrogens with one attached hydrogen (secondary N) is 1.